The van der Waals surface area contributed by atoms with Gasteiger partial charge in [-0.25, -0.2) is 0 Å². The summed E-state index contributed by atoms with van der Waals surface area (Å²) in [7, 11) is 0. The van der Waals surface area contributed by atoms with E-state index in [0.29, 0.717) is 6.54 Å². The predicted molar refractivity (Wildman–Crippen MR) is 74.2 cm³/mol. The lowest BCUT2D eigenvalue weighted by molar-refractivity contribution is -0.133. The van der Waals surface area contributed by atoms with Gasteiger partial charge in [-0.3, -0.25) is 4.79 Å². The number of carbonyl (C=O) groups is 1. The van der Waals surface area contributed by atoms with Gasteiger partial charge in [0.2, 0.25) is 5.91 Å². The number of amides is 1. The molecule has 1 fully saturated rings. The van der Waals surface area contributed by atoms with Crippen molar-refractivity contribution in [1.82, 2.24) is 4.90 Å². The third-order valence-electron chi connectivity index (χ3n) is 3.32. The van der Waals surface area contributed by atoms with E-state index in [1.165, 1.54) is 0 Å². The lowest BCUT2D eigenvalue weighted by Gasteiger charge is -2.26. The number of rotatable bonds is 3. The van der Waals surface area contributed by atoms with E-state index in [4.69, 9.17) is 5.73 Å². The number of hydrogen-bond acceptors (Lipinski definition) is 3. The molecule has 1 saturated heterocycles. The Morgan fingerprint density at radius 2 is 2.47 bits per heavy atom. The van der Waals surface area contributed by atoms with Crippen molar-refractivity contribution in [2.45, 2.75) is 31.7 Å². The topological polar surface area (TPSA) is 46.3 Å². The van der Waals surface area contributed by atoms with Crippen molar-refractivity contribution in [2.24, 2.45) is 5.73 Å². The predicted octanol–water partition coefficient (Wildman–Crippen LogP) is 2.56. The second-order valence-corrected chi connectivity index (χ2v) is 6.92. The van der Waals surface area contributed by atoms with Crippen LogP contribution in [-0.2, 0) is 4.79 Å². The number of halogens is 1. The number of nitrogens with two attached hydrogens (primary N) is 1. The average Bonchev–Trinajstić information content (AvgIpc) is 2.95. The van der Waals surface area contributed by atoms with Gasteiger partial charge >= 0.3 is 0 Å². The second-order valence-electron chi connectivity index (χ2n) is 4.43. The fourth-order valence-corrected chi connectivity index (χ4v) is 3.77. The minimum absolute atomic E-state index is 0.0570. The molecule has 5 heteroatoms. The first-order chi connectivity index (χ1) is 8.13. The molecule has 0 bridgehead atoms. The standard InChI is InChI=1S/C12H17BrN2OS/c1-8(10-4-5-11(13)17-10)12(16)15-6-2-3-9(15)7-14/h4-5,8-9H,2-3,6-7,14H2,1H3. The van der Waals surface area contributed by atoms with Crippen LogP contribution in [0.15, 0.2) is 15.9 Å². The molecule has 0 aliphatic carbocycles. The molecule has 17 heavy (non-hydrogen) atoms. The molecule has 0 aromatic carbocycles. The van der Waals surface area contributed by atoms with Crippen LogP contribution in [0.5, 0.6) is 0 Å². The van der Waals surface area contributed by atoms with Crippen molar-refractivity contribution in [3.05, 3.63) is 20.8 Å². The molecule has 0 radical (unpaired) electrons. The molecule has 2 unspecified atom stereocenters. The van der Waals surface area contributed by atoms with E-state index >= 15 is 0 Å². The Hall–Kier alpha value is -0.390. The summed E-state index contributed by atoms with van der Waals surface area (Å²) in [6, 6.07) is 4.26. The molecule has 2 N–H and O–H groups in total. The van der Waals surface area contributed by atoms with E-state index in [-0.39, 0.29) is 17.9 Å². The fraction of sp³-hybridized carbons (Fsp3) is 0.583. The van der Waals surface area contributed by atoms with Crippen LogP contribution in [0.25, 0.3) is 0 Å². The minimum Gasteiger partial charge on any atom is -0.338 e. The molecular weight excluding hydrogens is 300 g/mol. The van der Waals surface area contributed by atoms with Gasteiger partial charge in [0.05, 0.1) is 9.70 Å². The lowest BCUT2D eigenvalue weighted by atomic mass is 10.1. The second kappa shape index (κ2) is 5.50. The van der Waals surface area contributed by atoms with Gasteiger partial charge in [0.15, 0.2) is 0 Å². The molecule has 1 amide bonds. The minimum atomic E-state index is -0.0570. The summed E-state index contributed by atoms with van der Waals surface area (Å²) >= 11 is 5.06. The molecule has 1 aliphatic heterocycles. The van der Waals surface area contributed by atoms with E-state index in [0.717, 1.165) is 28.0 Å². The Balaban J connectivity index is 2.09. The molecule has 94 valence electrons. The highest BCUT2D eigenvalue weighted by Gasteiger charge is 2.31. The molecule has 0 saturated carbocycles. The van der Waals surface area contributed by atoms with Crippen molar-refractivity contribution in [3.63, 3.8) is 0 Å². The van der Waals surface area contributed by atoms with Crippen LogP contribution in [0.2, 0.25) is 0 Å². The zero-order valence-corrected chi connectivity index (χ0v) is 12.3. The van der Waals surface area contributed by atoms with Crippen LogP contribution in [0.1, 0.15) is 30.6 Å². The smallest absolute Gasteiger partial charge is 0.230 e. The first-order valence-electron chi connectivity index (χ1n) is 5.89. The number of carbonyl (C=O) groups excluding carboxylic acids is 1. The molecule has 1 aromatic heterocycles. The summed E-state index contributed by atoms with van der Waals surface area (Å²) in [5, 5.41) is 0. The van der Waals surface area contributed by atoms with Crippen LogP contribution in [0.4, 0.5) is 0 Å². The Kier molecular flexibility index (Phi) is 4.22. The van der Waals surface area contributed by atoms with Crippen molar-refractivity contribution in [1.29, 1.82) is 0 Å². The Morgan fingerprint density at radius 3 is 3.06 bits per heavy atom. The summed E-state index contributed by atoms with van der Waals surface area (Å²) in [4.78, 5) is 15.5. The molecular formula is C12H17BrN2OS. The third kappa shape index (κ3) is 2.72. The zero-order chi connectivity index (χ0) is 12.4. The fourth-order valence-electron chi connectivity index (χ4n) is 2.30. The van der Waals surface area contributed by atoms with Gasteiger partial charge in [0.25, 0.3) is 0 Å². The third-order valence-corrected chi connectivity index (χ3v) is 5.13. The summed E-state index contributed by atoms with van der Waals surface area (Å²) in [5.74, 6) is 0.158. The molecule has 1 aromatic rings. The Labute approximate surface area is 114 Å². The van der Waals surface area contributed by atoms with Crippen LogP contribution in [0, 0.1) is 0 Å². The SMILES string of the molecule is CC(C(=O)N1CCCC1CN)c1ccc(Br)s1. The first-order valence-corrected chi connectivity index (χ1v) is 7.50. The van der Waals surface area contributed by atoms with Crippen LogP contribution in [-0.4, -0.2) is 29.9 Å². The normalized spacial score (nSPS) is 21.8. The summed E-state index contributed by atoms with van der Waals surface area (Å²) in [6.45, 7) is 3.41. The lowest BCUT2D eigenvalue weighted by Crippen LogP contribution is -2.41. The van der Waals surface area contributed by atoms with Crippen LogP contribution >= 0.6 is 27.3 Å². The number of thiophene rings is 1. The number of nitrogens with zero attached hydrogens (tertiary/aromatic N) is 1. The average molecular weight is 317 g/mol. The molecule has 2 heterocycles. The summed E-state index contributed by atoms with van der Waals surface area (Å²) in [6.07, 6.45) is 2.12. The maximum Gasteiger partial charge on any atom is 0.230 e. The molecule has 3 nitrogen and oxygen atoms in total. The van der Waals surface area contributed by atoms with Gasteiger partial charge in [-0.1, -0.05) is 0 Å². The van der Waals surface area contributed by atoms with E-state index in [9.17, 15) is 4.79 Å². The van der Waals surface area contributed by atoms with Crippen molar-refractivity contribution >= 4 is 33.2 Å². The molecule has 1 aliphatic rings. The van der Waals surface area contributed by atoms with Gasteiger partial charge in [0, 0.05) is 24.0 Å². The van der Waals surface area contributed by atoms with Gasteiger partial charge in [-0.05, 0) is 47.8 Å². The Bertz CT molecular complexity index is 407. The Morgan fingerprint density at radius 1 is 1.71 bits per heavy atom. The largest absolute Gasteiger partial charge is 0.338 e. The van der Waals surface area contributed by atoms with E-state index < -0.39 is 0 Å². The zero-order valence-electron chi connectivity index (χ0n) is 9.86. The number of likely N-dealkylation sites (tertiary alicyclic amines) is 1. The van der Waals surface area contributed by atoms with Gasteiger partial charge in [-0.15, -0.1) is 11.3 Å². The van der Waals surface area contributed by atoms with E-state index in [2.05, 4.69) is 15.9 Å². The highest BCUT2D eigenvalue weighted by Crippen LogP contribution is 2.31. The maximum atomic E-state index is 12.4. The number of hydrogen-bond donors (Lipinski definition) is 1. The molecule has 2 atom stereocenters. The summed E-state index contributed by atoms with van der Waals surface area (Å²) < 4.78 is 1.07. The van der Waals surface area contributed by atoms with E-state index in [1.807, 2.05) is 24.0 Å². The monoisotopic (exact) mass is 316 g/mol. The van der Waals surface area contributed by atoms with Gasteiger partial charge < -0.3 is 10.6 Å². The van der Waals surface area contributed by atoms with Crippen molar-refractivity contribution in [2.75, 3.05) is 13.1 Å². The van der Waals surface area contributed by atoms with Crippen LogP contribution < -0.4 is 5.73 Å². The summed E-state index contributed by atoms with van der Waals surface area (Å²) in [5.41, 5.74) is 5.71. The molecule has 2 rings (SSSR count). The van der Waals surface area contributed by atoms with Crippen molar-refractivity contribution in [3.8, 4) is 0 Å². The van der Waals surface area contributed by atoms with Crippen LogP contribution in [0.3, 0.4) is 0 Å². The van der Waals surface area contributed by atoms with Gasteiger partial charge in [0.1, 0.15) is 0 Å². The molecule has 0 spiro atoms. The first kappa shape index (κ1) is 13.1. The highest BCUT2D eigenvalue weighted by atomic mass is 79.9. The van der Waals surface area contributed by atoms with Gasteiger partial charge in [-0.2, -0.15) is 0 Å². The van der Waals surface area contributed by atoms with Crippen molar-refractivity contribution < 1.29 is 4.79 Å². The van der Waals surface area contributed by atoms with E-state index in [1.54, 1.807) is 11.3 Å². The highest BCUT2D eigenvalue weighted by molar-refractivity contribution is 9.11. The maximum absolute atomic E-state index is 12.4. The quantitative estimate of drug-likeness (QED) is 0.931.